The number of rotatable bonds is 11. The lowest BCUT2D eigenvalue weighted by Gasteiger charge is -2.40. The van der Waals surface area contributed by atoms with Crippen molar-refractivity contribution in [1.82, 2.24) is 41.7 Å². The van der Waals surface area contributed by atoms with Gasteiger partial charge >= 0.3 is 23.5 Å². The van der Waals surface area contributed by atoms with Gasteiger partial charge in [0.05, 0.1) is 95.3 Å². The highest BCUT2D eigenvalue weighted by Gasteiger charge is 2.59. The molecule has 2 amide bonds. The molecule has 2 spiro atoms. The number of likely N-dealkylation sites (tertiary alicyclic amines) is 2. The summed E-state index contributed by atoms with van der Waals surface area (Å²) in [6, 6.07) is -1.45. The van der Waals surface area contributed by atoms with Crippen molar-refractivity contribution < 1.29 is 122 Å². The molecule has 0 aromatic heterocycles. The summed E-state index contributed by atoms with van der Waals surface area (Å²) >= 11 is 0. The van der Waals surface area contributed by atoms with Gasteiger partial charge in [-0.3, -0.25) is 44.2 Å². The van der Waals surface area contributed by atoms with Crippen molar-refractivity contribution in [3.8, 4) is 23.0 Å². The van der Waals surface area contributed by atoms with Crippen molar-refractivity contribution in [2.24, 2.45) is 76.9 Å². The first-order valence-corrected chi connectivity index (χ1v) is 46.6. The molecular formula is C101H152N8O25. The van der Waals surface area contributed by atoms with Gasteiger partial charge in [-0.1, -0.05) is 127 Å². The maximum Gasteiger partial charge on any atom is 0.312 e. The number of nitrogens with zero attached hydrogens (tertiary/aromatic N) is 2. The van der Waals surface area contributed by atoms with Crippen molar-refractivity contribution in [2.45, 2.75) is 270 Å². The predicted molar refractivity (Wildman–Crippen MR) is 504 cm³/mol. The third-order valence-corrected chi connectivity index (χ3v) is 28.1. The Bertz CT molecular complexity index is 4840. The second-order valence-electron chi connectivity index (χ2n) is 39.3. The minimum atomic E-state index is -1.94. The lowest BCUT2D eigenvalue weighted by molar-refractivity contribution is -0.159. The molecule has 4 fully saturated rings. The summed E-state index contributed by atoms with van der Waals surface area (Å²) in [6.07, 6.45) is 11.8. The SMILES string of the molecule is C.CC(=O)O.CC(=O)O[C@H]1[C@H](C)[C@H](O)[C@H](C)[C@@H](O)[C@@H](C)/C=C/C=C(/C)C(=O)NC2=C3NC4(CCN(CC(C)C)CC4)N[C@H]3c3c4c(c(C)c(O)c3[C@H]2O)O[C@](C)(O/C=C/[C@H](CO)[C@H]1C)C4=O.CC(C)=O.COc1c(C)c2c3c4c1[C@@H](O)C(=C1NC5(CCN(CC(C)C)CC5)N[C@H]14)NC(=O)/C(C)=C\C=C\[C@H](C)[C@H](OC)[C@@H](C)[C@@H](CO)[C@@H](C)[C@H](OC(C)=O)[C@H](C)[C@@H](CO)/C=C/O[C@@](C)(O2)C3=O. The summed E-state index contributed by atoms with van der Waals surface area (Å²) in [4.78, 5) is 106. The number of carboxylic acid groups (broad SMARTS) is 1. The number of methoxy groups -OCH3 is 2. The zero-order valence-electron chi connectivity index (χ0n) is 82.1. The van der Waals surface area contributed by atoms with Crippen LogP contribution in [0, 0.1) is 90.8 Å². The standard InChI is InChI=1S/C49H72N4O11.C46H66N4O11.C3H6O.C2H4O2.CH4/c1-25(2)22-53-19-17-49(18-20-53)51-38-35-36-41(57)40(39(38)52-49)50-47(59)27(4)15-13-14-26(3)42(60-11)29(6)34(24-55)30(7)43(63-32(9)56)28(5)33(23-54)16-21-62-48(10)46(58)37(35)45(64-48)31(8)44(36)61-12;1-22(2)20-50-17-15-46(16-18-50)48-34-31-32-39(55)28(8)42-33(31)43(57)45(10,61-42)59-19-14-30(21-51)25(5)41(60-29(9)52)27(7)38(54)26(6)37(53)23(3)12-11-13-24(4)44(58)47-36(40(32)56)35(34)49-46;1-3(2)4;1-2(3)4;/h13-16,21,25-26,28-30,33-34,38,41-43,51-52,54-55,57H,17-20,22-24H2,1-12H3,(H,50,59);11-14,19,22-23,25-27,30,34,37-38,40-41,48-49,51,53-56H,15-18,20-21H2,1-10H3,(H,47,58);1-2H3;1H3,(H,3,4);1H4/b14-13+,21-16+,27-15-;12-11+,19-14+,24-13-;;;/t26-,28+,29-,30+,33+,34+,38-,41+,42-,43+,48-;23-,25+,26+,27+,30+,34-,37-,38+,40+,41+,45-;;;/m00.../s1. The molecule has 0 unspecified atom stereocenters. The largest absolute Gasteiger partial charge is 0.507 e. The first kappa shape index (κ1) is 110. The van der Waals surface area contributed by atoms with Gasteiger partial charge in [-0.2, -0.15) is 0 Å². The van der Waals surface area contributed by atoms with Gasteiger partial charge < -0.3 is 120 Å². The number of benzene rings is 2. The van der Waals surface area contributed by atoms with Crippen LogP contribution in [0.15, 0.2) is 95.1 Å². The third-order valence-electron chi connectivity index (χ3n) is 28.1. The average Bonchev–Trinajstić information content (AvgIpc) is 1.53. The third kappa shape index (κ3) is 23.7. The number of carbonyl (C=O) groups excluding carboxylic acids is 7. The molecule has 33 nitrogen and oxygen atoms in total. The molecule has 134 heavy (non-hydrogen) atoms. The van der Waals surface area contributed by atoms with E-state index in [-0.39, 0.29) is 113 Å². The summed E-state index contributed by atoms with van der Waals surface area (Å²) in [7, 11) is 3.11. The predicted octanol–water partition coefficient (Wildman–Crippen LogP) is 10.3. The fourth-order valence-electron chi connectivity index (χ4n) is 20.7. The van der Waals surface area contributed by atoms with E-state index in [4.69, 9.17) is 47.8 Å². The number of aliphatic carboxylic acids is 1. The lowest BCUT2D eigenvalue weighted by atomic mass is 9.72. The number of hydrogen-bond acceptors (Lipinski definition) is 30. The Labute approximate surface area is 790 Å². The summed E-state index contributed by atoms with van der Waals surface area (Å²) < 4.78 is 49.0. The molecule has 22 atom stereocenters. The smallest absolute Gasteiger partial charge is 0.312 e. The number of phenolic OH excluding ortho intramolecular Hbond substituents is 1. The first-order valence-electron chi connectivity index (χ1n) is 46.6. The van der Waals surface area contributed by atoms with Gasteiger partial charge in [-0.15, -0.1) is 0 Å². The molecule has 2 aromatic rings. The van der Waals surface area contributed by atoms with E-state index >= 15 is 0 Å². The second kappa shape index (κ2) is 45.7. The maximum absolute atomic E-state index is 14.9. The molecule has 9 aliphatic heterocycles. The first-order chi connectivity index (χ1) is 62.4. The number of aliphatic hydroxyl groups excluding tert-OH is 7. The number of aliphatic hydroxyl groups is 7. The number of nitrogens with one attached hydrogen (secondary N) is 6. The van der Waals surface area contributed by atoms with Crippen molar-refractivity contribution in [3.63, 3.8) is 0 Å². The summed E-state index contributed by atoms with van der Waals surface area (Å²) in [5, 5.41) is 120. The van der Waals surface area contributed by atoms with Crippen molar-refractivity contribution in [3.05, 3.63) is 140 Å². The number of carboxylic acids is 1. The molecule has 746 valence electrons. The fraction of sp³-hybridized carbons (Fsp3) is 0.644. The van der Waals surface area contributed by atoms with Gasteiger partial charge in [0.1, 0.15) is 53.2 Å². The van der Waals surface area contributed by atoms with Crippen molar-refractivity contribution >= 4 is 47.1 Å². The molecular weight excluding hydrogens is 1730 g/mol. The molecule has 2 aromatic carbocycles. The average molecular weight is 1880 g/mol. The van der Waals surface area contributed by atoms with E-state index in [9.17, 15) is 74.4 Å². The Hall–Kier alpha value is -9.36. The number of allylic oxidation sites excluding steroid dienone is 4. The van der Waals surface area contributed by atoms with E-state index in [1.165, 1.54) is 61.2 Å². The maximum atomic E-state index is 14.9. The van der Waals surface area contributed by atoms with Crippen LogP contribution in [-0.2, 0) is 52.5 Å². The molecule has 9 heterocycles. The number of esters is 2. The van der Waals surface area contributed by atoms with E-state index in [2.05, 4.69) is 69.4 Å². The monoisotopic (exact) mass is 1880 g/mol. The number of hydrogen-bond donors (Lipinski definition) is 15. The highest BCUT2D eigenvalue weighted by Crippen LogP contribution is 2.59. The number of piperidine rings is 2. The number of fused-ring (bicyclic) bond motifs is 16. The molecule has 15 N–H and O–H groups in total. The van der Waals surface area contributed by atoms with Crippen molar-refractivity contribution in [1.29, 1.82) is 0 Å². The van der Waals surface area contributed by atoms with Crippen LogP contribution in [0.2, 0.25) is 0 Å². The zero-order chi connectivity index (χ0) is 99.0. The number of phenols is 1. The number of ketones is 3. The molecule has 0 radical (unpaired) electrons. The van der Waals surface area contributed by atoms with Crippen LogP contribution < -0.4 is 46.1 Å². The Morgan fingerprint density at radius 2 is 0.896 bits per heavy atom. The molecule has 2 aliphatic carbocycles. The van der Waals surface area contributed by atoms with Crippen LogP contribution in [0.5, 0.6) is 23.0 Å². The van der Waals surface area contributed by atoms with E-state index in [1.807, 2.05) is 33.8 Å². The summed E-state index contributed by atoms with van der Waals surface area (Å²) in [6.45, 7) is 44.0. The van der Waals surface area contributed by atoms with Gasteiger partial charge in [-0.05, 0) is 120 Å². The van der Waals surface area contributed by atoms with Gasteiger partial charge in [0.25, 0.3) is 29.4 Å². The molecule has 0 saturated carbocycles. The summed E-state index contributed by atoms with van der Waals surface area (Å²) in [5.41, 5.74) is 3.05. The number of Topliss-reactive ketones (excluding diaryl/α,β-unsaturated/α-hetero) is 3. The number of ether oxygens (including phenoxy) is 8. The van der Waals surface area contributed by atoms with E-state index in [0.717, 1.165) is 59.0 Å². The van der Waals surface area contributed by atoms with E-state index in [1.54, 1.807) is 105 Å². The van der Waals surface area contributed by atoms with E-state index < -0.39 is 161 Å². The molecule has 11 aliphatic rings. The minimum absolute atomic E-state index is 0. The van der Waals surface area contributed by atoms with Gasteiger partial charge in [-0.25, -0.2) is 0 Å². The van der Waals surface area contributed by atoms with E-state index in [0.29, 0.717) is 69.6 Å². The summed E-state index contributed by atoms with van der Waals surface area (Å²) in [5.74, 6) is -11.5. The van der Waals surface area contributed by atoms with Gasteiger partial charge in [0, 0.05) is 182 Å². The van der Waals surface area contributed by atoms with Crippen LogP contribution in [0.1, 0.15) is 257 Å². The molecule has 13 rings (SSSR count). The number of aromatic hydroxyl groups is 1. The second-order valence-corrected chi connectivity index (χ2v) is 39.3. The Morgan fingerprint density at radius 3 is 1.28 bits per heavy atom. The van der Waals surface area contributed by atoms with Crippen LogP contribution in [0.4, 0.5) is 0 Å². The Balaban J connectivity index is 0.000000303. The van der Waals surface area contributed by atoms with Gasteiger partial charge in [0.2, 0.25) is 0 Å². The quantitative estimate of drug-likeness (QED) is 0.0929. The minimum Gasteiger partial charge on any atom is -0.507 e. The normalized spacial score (nSPS) is 33.7. The van der Waals surface area contributed by atoms with Crippen molar-refractivity contribution in [2.75, 3.05) is 73.3 Å². The fourth-order valence-corrected chi connectivity index (χ4v) is 20.7. The number of amides is 2. The van der Waals surface area contributed by atoms with Crippen LogP contribution in [0.3, 0.4) is 0 Å². The topological polar surface area (TPSA) is 471 Å². The zero-order valence-corrected chi connectivity index (χ0v) is 82.1. The highest BCUT2D eigenvalue weighted by atomic mass is 16.7. The van der Waals surface area contributed by atoms with Crippen LogP contribution in [-0.4, -0.2) is 230 Å². The van der Waals surface area contributed by atoms with Gasteiger partial charge in [0.15, 0.2) is 0 Å². The molecule has 10 bridgehead atoms. The Kier molecular flexibility index (Phi) is 37.5. The molecule has 33 heteroatoms. The van der Waals surface area contributed by atoms with Crippen LogP contribution in [0.25, 0.3) is 0 Å². The highest BCUT2D eigenvalue weighted by molar-refractivity contribution is 6.10. The Morgan fingerprint density at radius 1 is 0.515 bits per heavy atom. The molecule has 4 saturated heterocycles. The number of carbonyl (C=O) groups is 8. The van der Waals surface area contributed by atoms with Crippen LogP contribution >= 0.6 is 0 Å². The lowest BCUT2D eigenvalue weighted by Crippen LogP contribution is -2.56.